The summed E-state index contributed by atoms with van der Waals surface area (Å²) in [5.74, 6) is 0. The standard InChI is InChI=1S/C9H11N3OS/c1-6-9(14-12-11-6)8(10-2)7-3-4-13-5-7/h3-5,8,10H,1-2H3. The molecule has 14 heavy (non-hydrogen) atoms. The Labute approximate surface area is 86.1 Å². The minimum absolute atomic E-state index is 0.133. The van der Waals surface area contributed by atoms with Crippen LogP contribution in [0, 0.1) is 6.92 Å². The lowest BCUT2D eigenvalue weighted by Gasteiger charge is -2.11. The normalized spacial score (nSPS) is 13.0. The van der Waals surface area contributed by atoms with E-state index in [4.69, 9.17) is 4.42 Å². The molecule has 5 heteroatoms. The van der Waals surface area contributed by atoms with Crippen molar-refractivity contribution in [3.05, 3.63) is 34.7 Å². The molecule has 4 nitrogen and oxygen atoms in total. The maximum Gasteiger partial charge on any atom is 0.0954 e. The van der Waals surface area contributed by atoms with Gasteiger partial charge in [-0.2, -0.15) is 0 Å². The fourth-order valence-electron chi connectivity index (χ4n) is 1.39. The van der Waals surface area contributed by atoms with Gasteiger partial charge >= 0.3 is 0 Å². The first-order chi connectivity index (χ1) is 6.83. The Kier molecular flexibility index (Phi) is 2.60. The van der Waals surface area contributed by atoms with Crippen molar-refractivity contribution in [1.82, 2.24) is 14.9 Å². The quantitative estimate of drug-likeness (QED) is 0.836. The first kappa shape index (κ1) is 9.36. The lowest BCUT2D eigenvalue weighted by molar-refractivity contribution is 0.558. The van der Waals surface area contributed by atoms with Crippen molar-refractivity contribution in [3.8, 4) is 0 Å². The predicted molar refractivity (Wildman–Crippen MR) is 54.3 cm³/mol. The first-order valence-corrected chi connectivity index (χ1v) is 5.08. The number of rotatable bonds is 3. The largest absolute Gasteiger partial charge is 0.472 e. The number of hydrogen-bond acceptors (Lipinski definition) is 5. The van der Waals surface area contributed by atoms with Gasteiger partial charge in [-0.1, -0.05) is 4.49 Å². The summed E-state index contributed by atoms with van der Waals surface area (Å²) in [5.41, 5.74) is 2.07. The van der Waals surface area contributed by atoms with Crippen LogP contribution in [0.5, 0.6) is 0 Å². The zero-order valence-electron chi connectivity index (χ0n) is 8.02. The van der Waals surface area contributed by atoms with Crippen LogP contribution in [0.3, 0.4) is 0 Å². The van der Waals surface area contributed by atoms with E-state index in [9.17, 15) is 0 Å². The molecule has 0 radical (unpaired) electrons. The van der Waals surface area contributed by atoms with Crippen LogP contribution in [0.1, 0.15) is 22.2 Å². The Balaban J connectivity index is 2.36. The highest BCUT2D eigenvalue weighted by Gasteiger charge is 2.18. The summed E-state index contributed by atoms with van der Waals surface area (Å²) in [7, 11) is 1.91. The molecular weight excluding hydrogens is 198 g/mol. The van der Waals surface area contributed by atoms with Crippen LogP contribution in [0.15, 0.2) is 23.0 Å². The summed E-state index contributed by atoms with van der Waals surface area (Å²) in [5, 5.41) is 7.21. The molecule has 0 aliphatic carbocycles. The van der Waals surface area contributed by atoms with Gasteiger partial charge in [0.05, 0.1) is 29.1 Å². The number of furan rings is 1. The zero-order valence-corrected chi connectivity index (χ0v) is 8.84. The van der Waals surface area contributed by atoms with Crippen molar-refractivity contribution < 1.29 is 4.42 Å². The highest BCUT2D eigenvalue weighted by atomic mass is 32.1. The summed E-state index contributed by atoms with van der Waals surface area (Å²) in [6, 6.07) is 2.08. The van der Waals surface area contributed by atoms with Crippen LogP contribution in [0.25, 0.3) is 0 Å². The monoisotopic (exact) mass is 209 g/mol. The van der Waals surface area contributed by atoms with Gasteiger partial charge < -0.3 is 9.73 Å². The van der Waals surface area contributed by atoms with E-state index < -0.39 is 0 Å². The number of aromatic nitrogens is 2. The molecule has 1 N–H and O–H groups in total. The topological polar surface area (TPSA) is 51.0 Å². The second kappa shape index (κ2) is 3.89. The molecule has 2 rings (SSSR count). The van der Waals surface area contributed by atoms with Gasteiger partial charge in [-0.05, 0) is 31.6 Å². The van der Waals surface area contributed by atoms with Gasteiger partial charge in [0.2, 0.25) is 0 Å². The summed E-state index contributed by atoms with van der Waals surface area (Å²) in [6.07, 6.45) is 3.41. The summed E-state index contributed by atoms with van der Waals surface area (Å²) in [4.78, 5) is 1.13. The molecule has 1 unspecified atom stereocenters. The molecule has 0 saturated carbocycles. The molecule has 0 amide bonds. The van der Waals surface area contributed by atoms with Crippen molar-refractivity contribution in [3.63, 3.8) is 0 Å². The van der Waals surface area contributed by atoms with Crippen LogP contribution in [-0.2, 0) is 0 Å². The molecule has 0 aliphatic rings. The average molecular weight is 209 g/mol. The molecule has 0 aliphatic heterocycles. The Bertz CT molecular complexity index is 396. The number of aryl methyl sites for hydroxylation is 1. The molecular formula is C9H11N3OS. The molecule has 2 aromatic heterocycles. The van der Waals surface area contributed by atoms with E-state index in [-0.39, 0.29) is 6.04 Å². The minimum atomic E-state index is 0.133. The van der Waals surface area contributed by atoms with Crippen molar-refractivity contribution in [1.29, 1.82) is 0 Å². The third kappa shape index (κ3) is 1.56. The molecule has 0 spiro atoms. The summed E-state index contributed by atoms with van der Waals surface area (Å²) < 4.78 is 8.98. The first-order valence-electron chi connectivity index (χ1n) is 4.31. The van der Waals surface area contributed by atoms with Gasteiger partial charge in [0, 0.05) is 5.56 Å². The third-order valence-electron chi connectivity index (χ3n) is 2.11. The summed E-state index contributed by atoms with van der Waals surface area (Å²) >= 11 is 1.42. The minimum Gasteiger partial charge on any atom is -0.472 e. The maximum absolute atomic E-state index is 5.06. The van der Waals surface area contributed by atoms with E-state index in [2.05, 4.69) is 14.9 Å². The molecule has 0 fully saturated rings. The second-order valence-electron chi connectivity index (χ2n) is 3.00. The van der Waals surface area contributed by atoms with E-state index in [0.29, 0.717) is 0 Å². The number of nitrogens with zero attached hydrogens (tertiary/aromatic N) is 2. The summed E-state index contributed by atoms with van der Waals surface area (Å²) in [6.45, 7) is 1.96. The van der Waals surface area contributed by atoms with Gasteiger partial charge in [-0.15, -0.1) is 5.10 Å². The highest BCUT2D eigenvalue weighted by Crippen LogP contribution is 2.26. The van der Waals surface area contributed by atoms with Gasteiger partial charge in [0.15, 0.2) is 0 Å². The van der Waals surface area contributed by atoms with Crippen LogP contribution >= 0.6 is 11.5 Å². The zero-order chi connectivity index (χ0) is 9.97. The van der Waals surface area contributed by atoms with Gasteiger partial charge in [-0.25, -0.2) is 0 Å². The van der Waals surface area contributed by atoms with Crippen LogP contribution in [-0.4, -0.2) is 16.6 Å². The van der Waals surface area contributed by atoms with Crippen LogP contribution < -0.4 is 5.32 Å². The van der Waals surface area contributed by atoms with E-state index >= 15 is 0 Å². The average Bonchev–Trinajstić information content (AvgIpc) is 2.80. The third-order valence-corrected chi connectivity index (χ3v) is 3.01. The van der Waals surface area contributed by atoms with Crippen molar-refractivity contribution in [2.24, 2.45) is 0 Å². The maximum atomic E-state index is 5.06. The van der Waals surface area contributed by atoms with Crippen molar-refractivity contribution in [2.45, 2.75) is 13.0 Å². The number of nitrogens with one attached hydrogen (secondary N) is 1. The van der Waals surface area contributed by atoms with Crippen LogP contribution in [0.4, 0.5) is 0 Å². The molecule has 0 bridgehead atoms. The van der Waals surface area contributed by atoms with Crippen LogP contribution in [0.2, 0.25) is 0 Å². The van der Waals surface area contributed by atoms with E-state index in [1.54, 1.807) is 12.5 Å². The Morgan fingerprint density at radius 1 is 1.57 bits per heavy atom. The lowest BCUT2D eigenvalue weighted by Crippen LogP contribution is -2.16. The fraction of sp³-hybridized carbons (Fsp3) is 0.333. The van der Waals surface area contributed by atoms with E-state index in [0.717, 1.165) is 16.1 Å². The van der Waals surface area contributed by atoms with Crippen molar-refractivity contribution >= 4 is 11.5 Å². The highest BCUT2D eigenvalue weighted by molar-refractivity contribution is 7.05. The van der Waals surface area contributed by atoms with Crippen molar-refractivity contribution in [2.75, 3.05) is 7.05 Å². The smallest absolute Gasteiger partial charge is 0.0954 e. The molecule has 0 aromatic carbocycles. The second-order valence-corrected chi connectivity index (χ2v) is 3.79. The SMILES string of the molecule is CNC(c1ccoc1)c1snnc1C. The van der Waals surface area contributed by atoms with Gasteiger partial charge in [0.1, 0.15) is 0 Å². The molecule has 0 saturated heterocycles. The number of hydrogen-bond donors (Lipinski definition) is 1. The molecule has 74 valence electrons. The van der Waals surface area contributed by atoms with Gasteiger partial charge in [0.25, 0.3) is 0 Å². The lowest BCUT2D eigenvalue weighted by atomic mass is 10.1. The fourth-order valence-corrected chi connectivity index (χ4v) is 2.17. The predicted octanol–water partition coefficient (Wildman–Crippen LogP) is 1.75. The molecule has 2 aromatic rings. The Morgan fingerprint density at radius 3 is 2.93 bits per heavy atom. The molecule has 1 atom stereocenters. The van der Waals surface area contributed by atoms with Gasteiger partial charge in [-0.3, -0.25) is 0 Å². The molecule has 2 heterocycles. The Morgan fingerprint density at radius 2 is 2.43 bits per heavy atom. The Hall–Kier alpha value is -1.20. The van der Waals surface area contributed by atoms with E-state index in [1.807, 2.05) is 20.0 Å². The van der Waals surface area contributed by atoms with E-state index in [1.165, 1.54) is 11.5 Å².